The molecular formula is C26H38O2Si. The van der Waals surface area contributed by atoms with Gasteiger partial charge in [-0.15, -0.1) is 0 Å². The van der Waals surface area contributed by atoms with E-state index in [2.05, 4.69) is 93.6 Å². The van der Waals surface area contributed by atoms with E-state index in [1.807, 2.05) is 0 Å². The summed E-state index contributed by atoms with van der Waals surface area (Å²) in [6, 6.07) is 21.7. The molecule has 0 fully saturated rings. The number of rotatable bonds is 12. The van der Waals surface area contributed by atoms with Crippen molar-refractivity contribution in [3.63, 3.8) is 0 Å². The number of hydrogen-bond acceptors (Lipinski definition) is 2. The molecule has 0 atom stereocenters. The Balaban J connectivity index is 2.06. The Bertz CT molecular complexity index is 665. The molecule has 0 amide bonds. The number of benzene rings is 2. The summed E-state index contributed by atoms with van der Waals surface area (Å²) < 4.78 is 6.91. The standard InChI is InChI=1S/C26H38O2Si/c1-26(2,3)29(24-18-12-10-13-19-24,25-20-14-11-15-21-25)28-23-17-9-7-5-4-6-8-16-22-27/h4-5,10-15,18-21,27H,6-9,16-17,22-23H2,1-3H3. The predicted molar refractivity (Wildman–Crippen MR) is 128 cm³/mol. The third-order valence-corrected chi connectivity index (χ3v) is 10.5. The van der Waals surface area contributed by atoms with Crippen LogP contribution >= 0.6 is 0 Å². The van der Waals surface area contributed by atoms with Gasteiger partial charge in [0.25, 0.3) is 8.32 Å². The second-order valence-electron chi connectivity index (χ2n) is 8.70. The smallest absolute Gasteiger partial charge is 0.261 e. The van der Waals surface area contributed by atoms with Crippen molar-refractivity contribution in [1.29, 1.82) is 0 Å². The summed E-state index contributed by atoms with van der Waals surface area (Å²) in [5.74, 6) is 0. The summed E-state index contributed by atoms with van der Waals surface area (Å²) in [6.45, 7) is 8.08. The van der Waals surface area contributed by atoms with Crippen LogP contribution in [0.3, 0.4) is 0 Å². The molecule has 0 aliphatic rings. The van der Waals surface area contributed by atoms with Crippen molar-refractivity contribution in [2.45, 2.75) is 64.3 Å². The van der Waals surface area contributed by atoms with Gasteiger partial charge < -0.3 is 9.53 Å². The van der Waals surface area contributed by atoms with E-state index in [9.17, 15) is 0 Å². The van der Waals surface area contributed by atoms with Crippen molar-refractivity contribution in [2.24, 2.45) is 0 Å². The minimum Gasteiger partial charge on any atom is -0.407 e. The SMILES string of the molecule is CC(C)(C)[Si](OCCCCC=CCCCCO)(c1ccccc1)c1ccccc1. The van der Waals surface area contributed by atoms with Crippen LogP contribution in [0.4, 0.5) is 0 Å². The maximum atomic E-state index is 8.82. The molecule has 0 saturated carbocycles. The number of unbranched alkanes of at least 4 members (excludes halogenated alkanes) is 4. The molecule has 1 N–H and O–H groups in total. The molecule has 2 nitrogen and oxygen atoms in total. The van der Waals surface area contributed by atoms with Gasteiger partial charge in [0, 0.05) is 13.2 Å². The van der Waals surface area contributed by atoms with Gasteiger partial charge in [0.1, 0.15) is 0 Å². The van der Waals surface area contributed by atoms with E-state index >= 15 is 0 Å². The van der Waals surface area contributed by atoms with Gasteiger partial charge in [-0.3, -0.25) is 0 Å². The zero-order valence-electron chi connectivity index (χ0n) is 18.4. The molecule has 0 saturated heterocycles. The van der Waals surface area contributed by atoms with E-state index < -0.39 is 8.32 Å². The van der Waals surface area contributed by atoms with Crippen molar-refractivity contribution in [1.82, 2.24) is 0 Å². The minimum atomic E-state index is -2.38. The minimum absolute atomic E-state index is 0.0440. The summed E-state index contributed by atoms with van der Waals surface area (Å²) in [6.07, 6.45) is 10.9. The maximum absolute atomic E-state index is 8.82. The summed E-state index contributed by atoms with van der Waals surface area (Å²) in [7, 11) is -2.38. The van der Waals surface area contributed by atoms with E-state index in [-0.39, 0.29) is 5.04 Å². The molecule has 0 spiro atoms. The highest BCUT2D eigenvalue weighted by Crippen LogP contribution is 2.36. The van der Waals surface area contributed by atoms with Crippen LogP contribution in [0.1, 0.15) is 59.3 Å². The fraction of sp³-hybridized carbons (Fsp3) is 0.462. The van der Waals surface area contributed by atoms with Gasteiger partial charge in [-0.2, -0.15) is 0 Å². The van der Waals surface area contributed by atoms with Gasteiger partial charge >= 0.3 is 0 Å². The molecule has 2 aromatic carbocycles. The molecular weight excluding hydrogens is 372 g/mol. The zero-order chi connectivity index (χ0) is 21.0. The first kappa shape index (κ1) is 23.6. The van der Waals surface area contributed by atoms with Gasteiger partial charge in [0.05, 0.1) is 0 Å². The van der Waals surface area contributed by atoms with E-state index in [1.165, 1.54) is 10.4 Å². The first-order valence-corrected chi connectivity index (χ1v) is 12.9. The average Bonchev–Trinajstić information content (AvgIpc) is 2.72. The quantitative estimate of drug-likeness (QED) is 0.286. The summed E-state index contributed by atoms with van der Waals surface area (Å²) >= 11 is 0. The summed E-state index contributed by atoms with van der Waals surface area (Å²) in [4.78, 5) is 0. The fourth-order valence-electron chi connectivity index (χ4n) is 3.96. The maximum Gasteiger partial charge on any atom is 0.261 e. The Hall–Kier alpha value is -1.68. The molecule has 0 radical (unpaired) electrons. The molecule has 0 bridgehead atoms. The van der Waals surface area contributed by atoms with Gasteiger partial charge in [-0.25, -0.2) is 0 Å². The lowest BCUT2D eigenvalue weighted by atomic mass is 10.2. The molecule has 0 aromatic heterocycles. The lowest BCUT2D eigenvalue weighted by molar-refractivity contribution is 0.285. The molecule has 2 aromatic rings. The summed E-state index contributed by atoms with van der Waals surface area (Å²) in [5, 5.41) is 11.6. The Morgan fingerprint density at radius 2 is 1.24 bits per heavy atom. The monoisotopic (exact) mass is 410 g/mol. The number of hydrogen-bond donors (Lipinski definition) is 1. The highest BCUT2D eigenvalue weighted by Gasteiger charge is 2.49. The Morgan fingerprint density at radius 1 is 0.759 bits per heavy atom. The molecule has 2 rings (SSSR count). The first-order chi connectivity index (χ1) is 14.0. The number of aliphatic hydroxyl groups excluding tert-OH is 1. The largest absolute Gasteiger partial charge is 0.407 e. The molecule has 0 heterocycles. The number of aliphatic hydroxyl groups is 1. The van der Waals surface area contributed by atoms with Crippen molar-refractivity contribution < 1.29 is 9.53 Å². The lowest BCUT2D eigenvalue weighted by Gasteiger charge is -2.43. The van der Waals surface area contributed by atoms with Gasteiger partial charge in [0.15, 0.2) is 0 Å². The van der Waals surface area contributed by atoms with Crippen molar-refractivity contribution in [3.05, 3.63) is 72.8 Å². The summed E-state index contributed by atoms with van der Waals surface area (Å²) in [5.41, 5.74) is 0. The van der Waals surface area contributed by atoms with Crippen LogP contribution in [0.25, 0.3) is 0 Å². The van der Waals surface area contributed by atoms with Crippen LogP contribution in [-0.4, -0.2) is 26.6 Å². The van der Waals surface area contributed by atoms with Crippen molar-refractivity contribution in [3.8, 4) is 0 Å². The molecule has 0 unspecified atom stereocenters. The van der Waals surface area contributed by atoms with E-state index in [1.54, 1.807) is 0 Å². The average molecular weight is 411 g/mol. The number of allylic oxidation sites excluding steroid dienone is 2. The second-order valence-corrected chi connectivity index (χ2v) is 13.0. The predicted octanol–water partition coefficient (Wildman–Crippen LogP) is 5.45. The topological polar surface area (TPSA) is 29.5 Å². The molecule has 0 aliphatic carbocycles. The van der Waals surface area contributed by atoms with Crippen LogP contribution in [0.2, 0.25) is 5.04 Å². The highest BCUT2D eigenvalue weighted by molar-refractivity contribution is 6.99. The molecule has 158 valence electrons. The van der Waals surface area contributed by atoms with Gasteiger partial charge in [0.2, 0.25) is 0 Å². The lowest BCUT2D eigenvalue weighted by Crippen LogP contribution is -2.66. The van der Waals surface area contributed by atoms with Crippen molar-refractivity contribution in [2.75, 3.05) is 13.2 Å². The Kier molecular flexibility index (Phi) is 9.85. The Labute approximate surface area is 178 Å². The Morgan fingerprint density at radius 3 is 1.69 bits per heavy atom. The van der Waals surface area contributed by atoms with Crippen LogP contribution < -0.4 is 10.4 Å². The third-order valence-electron chi connectivity index (χ3n) is 5.45. The van der Waals surface area contributed by atoms with E-state index in [0.29, 0.717) is 6.61 Å². The molecule has 3 heteroatoms. The third kappa shape index (κ3) is 6.67. The molecule has 29 heavy (non-hydrogen) atoms. The van der Waals surface area contributed by atoms with Gasteiger partial charge in [-0.05, 0) is 53.9 Å². The van der Waals surface area contributed by atoms with Crippen LogP contribution in [-0.2, 0) is 4.43 Å². The second kappa shape index (κ2) is 12.1. The van der Waals surface area contributed by atoms with Crippen LogP contribution in [0.5, 0.6) is 0 Å². The zero-order valence-corrected chi connectivity index (χ0v) is 19.4. The van der Waals surface area contributed by atoms with Crippen molar-refractivity contribution >= 4 is 18.7 Å². The normalized spacial score (nSPS) is 12.6. The fourth-order valence-corrected chi connectivity index (χ4v) is 8.57. The first-order valence-electron chi connectivity index (χ1n) is 11.0. The van der Waals surface area contributed by atoms with E-state index in [0.717, 1.165) is 45.1 Å². The highest BCUT2D eigenvalue weighted by atomic mass is 28.4. The van der Waals surface area contributed by atoms with Crippen LogP contribution in [0.15, 0.2) is 72.8 Å². The van der Waals surface area contributed by atoms with E-state index in [4.69, 9.17) is 9.53 Å². The van der Waals surface area contributed by atoms with Crippen LogP contribution in [0, 0.1) is 0 Å². The molecule has 0 aliphatic heterocycles. The van der Waals surface area contributed by atoms with Gasteiger partial charge in [-0.1, -0.05) is 93.6 Å².